The van der Waals surface area contributed by atoms with Crippen molar-refractivity contribution in [3.05, 3.63) is 11.1 Å². The maximum absolute atomic E-state index is 5.70. The van der Waals surface area contributed by atoms with Crippen LogP contribution < -0.4 is 5.73 Å². The van der Waals surface area contributed by atoms with Crippen molar-refractivity contribution >= 4 is 16.9 Å². The molecule has 0 radical (unpaired) electrons. The molecule has 72 valence electrons. The largest absolute Gasteiger partial charge is 0.328 e. The zero-order chi connectivity index (χ0) is 9.47. The molecule has 2 rings (SSSR count). The lowest BCUT2D eigenvalue weighted by Gasteiger charge is -2.22. The lowest BCUT2D eigenvalue weighted by atomic mass is 10.0. The van der Waals surface area contributed by atoms with Gasteiger partial charge in [-0.3, -0.25) is 4.99 Å². The molecule has 1 atom stereocenters. The van der Waals surface area contributed by atoms with E-state index >= 15 is 0 Å². The highest BCUT2D eigenvalue weighted by atomic mass is 32.2. The predicted octanol–water partition coefficient (Wildman–Crippen LogP) is 1.37. The molecule has 2 N–H and O–H groups in total. The van der Waals surface area contributed by atoms with Crippen molar-refractivity contribution < 1.29 is 0 Å². The van der Waals surface area contributed by atoms with Crippen LogP contribution in [0.25, 0.3) is 0 Å². The van der Waals surface area contributed by atoms with E-state index in [2.05, 4.69) is 29.1 Å². The number of fused-ring (bicyclic) bond motifs is 1. The Morgan fingerprint density at radius 1 is 1.77 bits per heavy atom. The lowest BCUT2D eigenvalue weighted by molar-refractivity contribution is 0.408. The van der Waals surface area contributed by atoms with Gasteiger partial charge >= 0.3 is 0 Å². The number of nitrogens with zero attached hydrogens (tertiary/aromatic N) is 2. The molecular formula is C9H15N3S. The van der Waals surface area contributed by atoms with E-state index < -0.39 is 0 Å². The number of hydrogen-bond acceptors (Lipinski definition) is 4. The highest BCUT2D eigenvalue weighted by molar-refractivity contribution is 8.16. The van der Waals surface area contributed by atoms with Crippen LogP contribution in [-0.2, 0) is 0 Å². The molecule has 2 aliphatic heterocycles. The average Bonchev–Trinajstić information content (AvgIpc) is 2.61. The van der Waals surface area contributed by atoms with Crippen LogP contribution in [0.2, 0.25) is 0 Å². The van der Waals surface area contributed by atoms with E-state index in [0.29, 0.717) is 6.54 Å². The summed E-state index contributed by atoms with van der Waals surface area (Å²) < 4.78 is 0. The van der Waals surface area contributed by atoms with Crippen LogP contribution in [0.15, 0.2) is 16.1 Å². The molecule has 0 amide bonds. The van der Waals surface area contributed by atoms with Crippen molar-refractivity contribution in [3.8, 4) is 0 Å². The van der Waals surface area contributed by atoms with E-state index in [4.69, 9.17) is 5.73 Å². The second-order valence-electron chi connectivity index (χ2n) is 3.76. The van der Waals surface area contributed by atoms with Crippen LogP contribution in [0.1, 0.15) is 20.3 Å². The summed E-state index contributed by atoms with van der Waals surface area (Å²) in [5, 5.41) is 3.32. The van der Waals surface area contributed by atoms with Crippen molar-refractivity contribution in [2.24, 2.45) is 10.7 Å². The van der Waals surface area contributed by atoms with Gasteiger partial charge in [0.15, 0.2) is 5.17 Å². The first-order chi connectivity index (χ1) is 6.18. The topological polar surface area (TPSA) is 41.6 Å². The van der Waals surface area contributed by atoms with E-state index in [1.807, 2.05) is 0 Å². The van der Waals surface area contributed by atoms with Crippen LogP contribution in [0, 0.1) is 0 Å². The van der Waals surface area contributed by atoms with Gasteiger partial charge in [-0.2, -0.15) is 0 Å². The maximum atomic E-state index is 5.70. The number of allylic oxidation sites excluding steroid dienone is 1. The van der Waals surface area contributed by atoms with Crippen molar-refractivity contribution in [2.75, 3.05) is 13.1 Å². The normalized spacial score (nSPS) is 31.8. The zero-order valence-corrected chi connectivity index (χ0v) is 8.90. The Kier molecular flexibility index (Phi) is 2.12. The summed E-state index contributed by atoms with van der Waals surface area (Å²) >= 11 is 1.72. The monoisotopic (exact) mass is 197 g/mol. The van der Waals surface area contributed by atoms with Gasteiger partial charge in [0.2, 0.25) is 0 Å². The first kappa shape index (κ1) is 9.09. The first-order valence-corrected chi connectivity index (χ1v) is 5.49. The van der Waals surface area contributed by atoms with Crippen LogP contribution in [0.4, 0.5) is 0 Å². The zero-order valence-electron chi connectivity index (χ0n) is 8.08. The van der Waals surface area contributed by atoms with Crippen molar-refractivity contribution in [1.82, 2.24) is 4.90 Å². The molecule has 4 heteroatoms. The fourth-order valence-electron chi connectivity index (χ4n) is 1.62. The fourth-order valence-corrected chi connectivity index (χ4v) is 2.74. The molecule has 0 aliphatic carbocycles. The number of nitrogens with two attached hydrogens (primary N) is 1. The molecule has 3 nitrogen and oxygen atoms in total. The molecule has 0 aromatic heterocycles. The van der Waals surface area contributed by atoms with Crippen molar-refractivity contribution in [1.29, 1.82) is 0 Å². The minimum atomic E-state index is -0.0585. The van der Waals surface area contributed by atoms with Gasteiger partial charge in [-0.25, -0.2) is 0 Å². The highest BCUT2D eigenvalue weighted by Crippen LogP contribution is 2.35. The lowest BCUT2D eigenvalue weighted by Crippen LogP contribution is -2.38. The maximum Gasteiger partial charge on any atom is 0.168 e. The summed E-state index contributed by atoms with van der Waals surface area (Å²) in [5.74, 6) is 0. The fraction of sp³-hybridized carbons (Fsp3) is 0.667. The van der Waals surface area contributed by atoms with Gasteiger partial charge in [0.25, 0.3) is 0 Å². The third-order valence-electron chi connectivity index (χ3n) is 2.54. The van der Waals surface area contributed by atoms with Gasteiger partial charge < -0.3 is 10.6 Å². The van der Waals surface area contributed by atoms with Crippen LogP contribution in [-0.4, -0.2) is 28.7 Å². The third-order valence-corrected chi connectivity index (χ3v) is 3.46. The molecule has 0 saturated carbocycles. The molecule has 0 fully saturated rings. The number of hydrogen-bond donors (Lipinski definition) is 1. The smallest absolute Gasteiger partial charge is 0.168 e. The Morgan fingerprint density at radius 3 is 3.15 bits per heavy atom. The van der Waals surface area contributed by atoms with Gasteiger partial charge in [-0.1, -0.05) is 18.7 Å². The predicted molar refractivity (Wildman–Crippen MR) is 57.6 cm³/mol. The van der Waals surface area contributed by atoms with Gasteiger partial charge in [0.05, 0.1) is 12.1 Å². The number of amidine groups is 1. The summed E-state index contributed by atoms with van der Waals surface area (Å²) in [6.45, 7) is 5.87. The molecule has 0 aromatic carbocycles. The van der Waals surface area contributed by atoms with E-state index in [1.165, 1.54) is 5.70 Å². The molecule has 0 saturated heterocycles. The van der Waals surface area contributed by atoms with Gasteiger partial charge in [0.1, 0.15) is 0 Å². The average molecular weight is 197 g/mol. The third kappa shape index (κ3) is 1.38. The molecule has 2 heterocycles. The Hall–Kier alpha value is -0.480. The van der Waals surface area contributed by atoms with Crippen LogP contribution >= 0.6 is 11.8 Å². The van der Waals surface area contributed by atoms with Gasteiger partial charge in [0, 0.05) is 12.2 Å². The molecule has 2 aliphatic rings. The summed E-state index contributed by atoms with van der Waals surface area (Å²) in [5.41, 5.74) is 7.01. The standard InChI is InChI=1S/C9H15N3S/c1-3-7-4-13-8-11-9(2,5-10)6-12(7)8/h4H,3,5-6,10H2,1-2H3. The summed E-state index contributed by atoms with van der Waals surface area (Å²) in [4.78, 5) is 6.92. The molecular weight excluding hydrogens is 182 g/mol. The minimum Gasteiger partial charge on any atom is -0.328 e. The van der Waals surface area contributed by atoms with Gasteiger partial charge in [-0.05, 0) is 18.8 Å². The Morgan fingerprint density at radius 2 is 2.54 bits per heavy atom. The first-order valence-electron chi connectivity index (χ1n) is 4.62. The molecule has 13 heavy (non-hydrogen) atoms. The highest BCUT2D eigenvalue weighted by Gasteiger charge is 2.37. The second kappa shape index (κ2) is 3.03. The number of aliphatic imine (C=N–C) groups is 1. The van der Waals surface area contributed by atoms with Crippen LogP contribution in [0.5, 0.6) is 0 Å². The Balaban J connectivity index is 2.19. The molecule has 0 spiro atoms. The van der Waals surface area contributed by atoms with Gasteiger partial charge in [-0.15, -0.1) is 0 Å². The van der Waals surface area contributed by atoms with E-state index in [9.17, 15) is 0 Å². The van der Waals surface area contributed by atoms with Crippen LogP contribution in [0.3, 0.4) is 0 Å². The van der Waals surface area contributed by atoms with Crippen molar-refractivity contribution in [3.63, 3.8) is 0 Å². The number of rotatable bonds is 2. The summed E-state index contributed by atoms with van der Waals surface area (Å²) in [7, 11) is 0. The molecule has 0 aromatic rings. The quantitative estimate of drug-likeness (QED) is 0.727. The summed E-state index contributed by atoms with van der Waals surface area (Å²) in [6, 6.07) is 0. The van der Waals surface area contributed by atoms with Crippen molar-refractivity contribution in [2.45, 2.75) is 25.8 Å². The van der Waals surface area contributed by atoms with E-state index in [1.54, 1.807) is 11.8 Å². The van der Waals surface area contributed by atoms with E-state index in [-0.39, 0.29) is 5.54 Å². The SMILES string of the molecule is CCC1=CSC2=NC(C)(CN)CN12. The molecule has 1 unspecified atom stereocenters. The Labute approximate surface area is 83.1 Å². The number of thioether (sulfide) groups is 1. The minimum absolute atomic E-state index is 0.0585. The molecule has 0 bridgehead atoms. The Bertz CT molecular complexity index is 285. The second-order valence-corrected chi connectivity index (χ2v) is 4.60. The summed E-state index contributed by atoms with van der Waals surface area (Å²) in [6.07, 6.45) is 1.08. The van der Waals surface area contributed by atoms with E-state index in [0.717, 1.165) is 18.1 Å².